The van der Waals surface area contributed by atoms with E-state index in [1.54, 1.807) is 19.1 Å². The topological polar surface area (TPSA) is 67.5 Å². The number of furan rings is 1. The SMILES string of the molecule is C.C.CC(=O)c1cc2ccc(Br)cc2s1.O=C(O)c1cc2ccc(Br)cc2o1. The maximum Gasteiger partial charge on any atom is 0.371 e. The highest BCUT2D eigenvalue weighted by atomic mass is 79.9. The van der Waals surface area contributed by atoms with Crippen molar-refractivity contribution in [1.29, 1.82) is 0 Å². The van der Waals surface area contributed by atoms with E-state index < -0.39 is 5.97 Å². The number of halogens is 2. The van der Waals surface area contributed by atoms with Crippen LogP contribution in [0.4, 0.5) is 0 Å². The van der Waals surface area contributed by atoms with Crippen LogP contribution in [0, 0.1) is 0 Å². The molecule has 0 unspecified atom stereocenters. The highest BCUT2D eigenvalue weighted by molar-refractivity contribution is 9.10. The summed E-state index contributed by atoms with van der Waals surface area (Å²) in [5.74, 6) is -0.947. The molecular weight excluding hydrogens is 508 g/mol. The fraction of sp³-hybridized carbons (Fsp3) is 0.143. The normalized spacial score (nSPS) is 9.82. The summed E-state index contributed by atoms with van der Waals surface area (Å²) in [6, 6.07) is 14.9. The Morgan fingerprint density at radius 2 is 1.54 bits per heavy atom. The quantitative estimate of drug-likeness (QED) is 0.268. The second-order valence-corrected chi connectivity index (χ2v) is 8.36. The number of hydrogen-bond donors (Lipinski definition) is 1. The van der Waals surface area contributed by atoms with Gasteiger partial charge in [-0.15, -0.1) is 11.3 Å². The van der Waals surface area contributed by atoms with Crippen LogP contribution in [0.1, 0.15) is 42.0 Å². The van der Waals surface area contributed by atoms with Crippen molar-refractivity contribution < 1.29 is 19.1 Å². The Balaban J connectivity index is 0.000000261. The molecule has 0 radical (unpaired) electrons. The van der Waals surface area contributed by atoms with E-state index >= 15 is 0 Å². The molecule has 1 N–H and O–H groups in total. The van der Waals surface area contributed by atoms with Gasteiger partial charge in [-0.1, -0.05) is 52.8 Å². The third-order valence-corrected chi connectivity index (χ3v) is 5.71. The van der Waals surface area contributed by atoms with E-state index in [9.17, 15) is 9.59 Å². The van der Waals surface area contributed by atoms with Gasteiger partial charge in [-0.3, -0.25) is 4.79 Å². The Bertz CT molecular complexity index is 1040. The minimum atomic E-state index is -1.05. The van der Waals surface area contributed by atoms with Gasteiger partial charge in [-0.05, 0) is 54.8 Å². The van der Waals surface area contributed by atoms with Crippen LogP contribution >= 0.6 is 43.2 Å². The first-order chi connectivity index (χ1) is 12.3. The first kappa shape index (κ1) is 24.1. The molecule has 7 heteroatoms. The van der Waals surface area contributed by atoms with Crippen LogP contribution < -0.4 is 0 Å². The zero-order valence-electron chi connectivity index (χ0n) is 13.5. The fourth-order valence-electron chi connectivity index (χ4n) is 2.29. The standard InChI is InChI=1S/C10H7BrOS.C9H5BrO3.2CH4/c1-6(12)9-4-7-2-3-8(11)5-10(7)13-9;10-6-2-1-5-3-8(9(11)12)13-7(5)4-6;;/h2-5H,1H3;1-4H,(H,11,12);2*1H4. The van der Waals surface area contributed by atoms with Gasteiger partial charge >= 0.3 is 5.97 Å². The smallest absolute Gasteiger partial charge is 0.371 e. The lowest BCUT2D eigenvalue weighted by Gasteiger charge is -1.88. The van der Waals surface area contributed by atoms with Gasteiger partial charge in [0.2, 0.25) is 5.76 Å². The summed E-state index contributed by atoms with van der Waals surface area (Å²) in [5, 5.41) is 10.6. The number of aromatic carboxylic acids is 1. The van der Waals surface area contributed by atoms with Gasteiger partial charge in [-0.2, -0.15) is 0 Å². The van der Waals surface area contributed by atoms with Gasteiger partial charge in [0.15, 0.2) is 5.78 Å². The zero-order valence-corrected chi connectivity index (χ0v) is 17.4. The molecule has 0 fully saturated rings. The molecule has 0 aliphatic carbocycles. The van der Waals surface area contributed by atoms with Crippen LogP contribution in [0.3, 0.4) is 0 Å². The molecule has 4 nitrogen and oxygen atoms in total. The lowest BCUT2D eigenvalue weighted by atomic mass is 10.2. The zero-order chi connectivity index (χ0) is 18.8. The molecule has 0 spiro atoms. The number of carboxylic acids is 1. The largest absolute Gasteiger partial charge is 0.475 e. The minimum Gasteiger partial charge on any atom is -0.475 e. The van der Waals surface area contributed by atoms with Crippen LogP contribution in [0.5, 0.6) is 0 Å². The van der Waals surface area contributed by atoms with Gasteiger partial charge in [0.25, 0.3) is 0 Å². The number of thiophene rings is 1. The molecule has 4 aromatic rings. The van der Waals surface area contributed by atoms with Crippen molar-refractivity contribution in [3.63, 3.8) is 0 Å². The Hall–Kier alpha value is -1.96. The second-order valence-electron chi connectivity index (χ2n) is 5.45. The number of carbonyl (C=O) groups is 2. The average molecular weight is 528 g/mol. The summed E-state index contributed by atoms with van der Waals surface area (Å²) >= 11 is 8.21. The fourth-order valence-corrected chi connectivity index (χ4v) is 4.14. The maximum atomic E-state index is 11.1. The van der Waals surface area contributed by atoms with E-state index in [1.807, 2.05) is 30.3 Å². The van der Waals surface area contributed by atoms with Crippen molar-refractivity contribution in [2.45, 2.75) is 21.8 Å². The number of fused-ring (bicyclic) bond motifs is 2. The van der Waals surface area contributed by atoms with E-state index in [2.05, 4.69) is 31.9 Å². The highest BCUT2D eigenvalue weighted by Gasteiger charge is 2.09. The van der Waals surface area contributed by atoms with Crippen LogP contribution in [-0.2, 0) is 0 Å². The molecule has 2 heterocycles. The third-order valence-electron chi connectivity index (χ3n) is 3.52. The molecule has 0 aliphatic rings. The Morgan fingerprint density at radius 3 is 2.14 bits per heavy atom. The molecular formula is C21H20Br2O4S. The van der Waals surface area contributed by atoms with Gasteiger partial charge < -0.3 is 9.52 Å². The van der Waals surface area contributed by atoms with Gasteiger partial charge in [0.1, 0.15) is 5.58 Å². The van der Waals surface area contributed by atoms with Crippen molar-refractivity contribution in [1.82, 2.24) is 0 Å². The molecule has 4 rings (SSSR count). The maximum absolute atomic E-state index is 11.1. The molecule has 2 aromatic carbocycles. The van der Waals surface area contributed by atoms with Gasteiger partial charge in [-0.25, -0.2) is 4.79 Å². The van der Waals surface area contributed by atoms with E-state index in [0.29, 0.717) is 5.58 Å². The van der Waals surface area contributed by atoms with Gasteiger partial charge in [0, 0.05) is 19.0 Å². The first-order valence-corrected chi connectivity index (χ1v) is 9.86. The molecule has 0 amide bonds. The summed E-state index contributed by atoms with van der Waals surface area (Å²) < 4.78 is 8.15. The Morgan fingerprint density at radius 1 is 0.929 bits per heavy atom. The lowest BCUT2D eigenvalue weighted by Crippen LogP contribution is -1.91. The number of carbonyl (C=O) groups excluding carboxylic acids is 1. The average Bonchev–Trinajstić information content (AvgIpc) is 3.18. The number of carboxylic acid groups (broad SMARTS) is 1. The number of ketones is 1. The predicted octanol–water partition coefficient (Wildman–Crippen LogP) is 8.03. The van der Waals surface area contributed by atoms with Crippen LogP contribution in [0.2, 0.25) is 0 Å². The molecule has 0 atom stereocenters. The molecule has 0 aliphatic heterocycles. The number of Topliss-reactive ketones (excluding diaryl/α,β-unsaturated/α-hetero) is 1. The van der Waals surface area contributed by atoms with E-state index in [-0.39, 0.29) is 26.4 Å². The first-order valence-electron chi connectivity index (χ1n) is 7.46. The summed E-state index contributed by atoms with van der Waals surface area (Å²) in [6.07, 6.45) is 0. The molecule has 0 saturated heterocycles. The van der Waals surface area contributed by atoms with Crippen LogP contribution in [0.15, 0.2) is 61.9 Å². The summed E-state index contributed by atoms with van der Waals surface area (Å²) in [5.41, 5.74) is 0.576. The molecule has 0 bridgehead atoms. The minimum absolute atomic E-state index is 0. The van der Waals surface area contributed by atoms with E-state index in [4.69, 9.17) is 9.52 Å². The highest BCUT2D eigenvalue weighted by Crippen LogP contribution is 2.28. The molecule has 0 saturated carbocycles. The third kappa shape index (κ3) is 5.53. The van der Waals surface area contributed by atoms with Crippen LogP contribution in [0.25, 0.3) is 21.1 Å². The lowest BCUT2D eigenvalue weighted by molar-refractivity contribution is 0.0664. The summed E-state index contributed by atoms with van der Waals surface area (Å²) in [4.78, 5) is 22.5. The number of rotatable bonds is 2. The van der Waals surface area contributed by atoms with E-state index in [1.165, 1.54) is 17.4 Å². The predicted molar refractivity (Wildman–Crippen MR) is 124 cm³/mol. The monoisotopic (exact) mass is 526 g/mol. The number of hydrogen-bond acceptors (Lipinski definition) is 4. The molecule has 2 aromatic heterocycles. The number of benzene rings is 2. The Kier molecular flexibility index (Phi) is 8.60. The van der Waals surface area contributed by atoms with E-state index in [0.717, 1.165) is 29.3 Å². The summed E-state index contributed by atoms with van der Waals surface area (Å²) in [6.45, 7) is 1.60. The van der Waals surface area contributed by atoms with Crippen molar-refractivity contribution in [3.8, 4) is 0 Å². The van der Waals surface area contributed by atoms with Crippen molar-refractivity contribution >= 4 is 76.0 Å². The summed E-state index contributed by atoms with van der Waals surface area (Å²) in [7, 11) is 0. The Labute approximate surface area is 184 Å². The van der Waals surface area contributed by atoms with Crippen molar-refractivity contribution in [2.24, 2.45) is 0 Å². The van der Waals surface area contributed by atoms with Gasteiger partial charge in [0.05, 0.1) is 4.88 Å². The molecule has 28 heavy (non-hydrogen) atoms. The molecule has 148 valence electrons. The van der Waals surface area contributed by atoms with Crippen molar-refractivity contribution in [3.05, 3.63) is 68.1 Å². The van der Waals surface area contributed by atoms with Crippen LogP contribution in [-0.4, -0.2) is 16.9 Å². The second kappa shape index (κ2) is 10.0. The van der Waals surface area contributed by atoms with Crippen molar-refractivity contribution in [2.75, 3.05) is 0 Å².